The Hall–Kier alpha value is -2.71. The molecule has 0 bridgehead atoms. The highest BCUT2D eigenvalue weighted by atomic mass is 16.2. The standard InChI is InChI=1S/C24H28N4O/c25-16-19-6-7-20-8-13-28(18-21(20)15-19)14-11-24(9-2-1-3-10-24)23(29)27-22-5-4-12-26-17-22/h4-7,12,15,17H,1-3,8-11,13-14,18H2,(H,27,29). The topological polar surface area (TPSA) is 69.0 Å². The number of pyridine rings is 1. The molecule has 2 aliphatic rings. The third kappa shape index (κ3) is 4.49. The summed E-state index contributed by atoms with van der Waals surface area (Å²) >= 11 is 0. The minimum absolute atomic E-state index is 0.148. The fraction of sp³-hybridized carbons (Fsp3) is 0.458. The summed E-state index contributed by atoms with van der Waals surface area (Å²) in [4.78, 5) is 19.8. The number of benzene rings is 1. The van der Waals surface area contributed by atoms with Crippen molar-refractivity contribution in [2.45, 2.75) is 51.5 Å². The number of carbonyl (C=O) groups excluding carboxylic acids is 1. The van der Waals surface area contributed by atoms with E-state index in [0.29, 0.717) is 0 Å². The first-order chi connectivity index (χ1) is 14.2. The zero-order valence-electron chi connectivity index (χ0n) is 16.9. The van der Waals surface area contributed by atoms with Crippen molar-refractivity contribution in [2.24, 2.45) is 5.41 Å². The minimum atomic E-state index is -0.289. The average molecular weight is 389 g/mol. The van der Waals surface area contributed by atoms with Crippen LogP contribution in [-0.4, -0.2) is 28.9 Å². The van der Waals surface area contributed by atoms with Crippen LogP contribution < -0.4 is 5.32 Å². The molecule has 1 N–H and O–H groups in total. The maximum Gasteiger partial charge on any atom is 0.230 e. The zero-order valence-corrected chi connectivity index (χ0v) is 16.9. The van der Waals surface area contributed by atoms with Crippen LogP contribution in [0.3, 0.4) is 0 Å². The van der Waals surface area contributed by atoms with Gasteiger partial charge in [-0.1, -0.05) is 25.3 Å². The molecule has 1 saturated carbocycles. The van der Waals surface area contributed by atoms with Crippen molar-refractivity contribution < 1.29 is 4.79 Å². The Balaban J connectivity index is 1.43. The van der Waals surface area contributed by atoms with E-state index in [1.807, 2.05) is 24.3 Å². The van der Waals surface area contributed by atoms with Gasteiger partial charge in [-0.15, -0.1) is 0 Å². The van der Waals surface area contributed by atoms with Gasteiger partial charge in [0.05, 0.1) is 28.9 Å². The van der Waals surface area contributed by atoms with E-state index in [0.717, 1.165) is 69.4 Å². The molecule has 0 atom stereocenters. The van der Waals surface area contributed by atoms with Gasteiger partial charge in [0.15, 0.2) is 0 Å². The minimum Gasteiger partial charge on any atom is -0.324 e. The van der Waals surface area contributed by atoms with Crippen molar-refractivity contribution in [3.05, 3.63) is 59.4 Å². The quantitative estimate of drug-likeness (QED) is 0.829. The van der Waals surface area contributed by atoms with Crippen molar-refractivity contribution >= 4 is 11.6 Å². The lowest BCUT2D eigenvalue weighted by atomic mass is 9.71. The Labute approximate surface area is 172 Å². The molecule has 1 aliphatic carbocycles. The first-order valence-electron chi connectivity index (χ1n) is 10.6. The third-order valence-corrected chi connectivity index (χ3v) is 6.55. The van der Waals surface area contributed by atoms with Crippen LogP contribution in [0.15, 0.2) is 42.7 Å². The van der Waals surface area contributed by atoms with Crippen molar-refractivity contribution in [2.75, 3.05) is 18.4 Å². The number of anilines is 1. The molecule has 5 nitrogen and oxygen atoms in total. The van der Waals surface area contributed by atoms with E-state index in [9.17, 15) is 10.1 Å². The van der Waals surface area contributed by atoms with E-state index in [-0.39, 0.29) is 11.3 Å². The summed E-state index contributed by atoms with van der Waals surface area (Å²) in [6.07, 6.45) is 10.7. The predicted octanol–water partition coefficient (Wildman–Crippen LogP) is 4.29. The maximum atomic E-state index is 13.3. The molecule has 4 rings (SSSR count). The molecular weight excluding hydrogens is 360 g/mol. The van der Waals surface area contributed by atoms with Crippen LogP contribution in [0.4, 0.5) is 5.69 Å². The molecule has 1 fully saturated rings. The van der Waals surface area contributed by atoms with Crippen LogP contribution in [0.5, 0.6) is 0 Å². The van der Waals surface area contributed by atoms with E-state index >= 15 is 0 Å². The molecule has 2 heterocycles. The molecule has 1 aliphatic heterocycles. The van der Waals surface area contributed by atoms with Gasteiger partial charge in [-0.05, 0) is 67.6 Å². The van der Waals surface area contributed by atoms with Gasteiger partial charge in [0, 0.05) is 19.3 Å². The van der Waals surface area contributed by atoms with Gasteiger partial charge in [0.2, 0.25) is 5.91 Å². The lowest BCUT2D eigenvalue weighted by molar-refractivity contribution is -0.128. The molecule has 0 unspecified atom stereocenters. The van der Waals surface area contributed by atoms with Crippen LogP contribution in [-0.2, 0) is 17.8 Å². The Morgan fingerprint density at radius 1 is 1.21 bits per heavy atom. The number of nitrogens with zero attached hydrogens (tertiary/aromatic N) is 3. The Morgan fingerprint density at radius 2 is 2.07 bits per heavy atom. The first kappa shape index (κ1) is 19.6. The lowest BCUT2D eigenvalue weighted by Gasteiger charge is -2.38. The van der Waals surface area contributed by atoms with Crippen molar-refractivity contribution in [3.8, 4) is 6.07 Å². The molecule has 2 aromatic rings. The molecule has 1 amide bonds. The number of amides is 1. The molecule has 1 aromatic heterocycles. The third-order valence-electron chi connectivity index (χ3n) is 6.55. The summed E-state index contributed by atoms with van der Waals surface area (Å²) in [6, 6.07) is 12.0. The zero-order chi connectivity index (χ0) is 20.1. The lowest BCUT2D eigenvalue weighted by Crippen LogP contribution is -2.42. The summed E-state index contributed by atoms with van der Waals surface area (Å²) in [5.41, 5.74) is 3.82. The molecule has 0 radical (unpaired) electrons. The second kappa shape index (κ2) is 8.75. The highest BCUT2D eigenvalue weighted by Crippen LogP contribution is 2.41. The maximum absolute atomic E-state index is 13.3. The molecule has 0 spiro atoms. The number of rotatable bonds is 5. The van der Waals surface area contributed by atoms with E-state index in [1.165, 1.54) is 17.5 Å². The van der Waals surface area contributed by atoms with Gasteiger partial charge in [0.1, 0.15) is 0 Å². The van der Waals surface area contributed by atoms with Gasteiger partial charge in [-0.25, -0.2) is 0 Å². The number of nitrogens with one attached hydrogen (secondary N) is 1. The molecule has 1 aromatic carbocycles. The van der Waals surface area contributed by atoms with Gasteiger partial charge in [-0.3, -0.25) is 14.7 Å². The fourth-order valence-corrected chi connectivity index (χ4v) is 4.77. The van der Waals surface area contributed by atoms with E-state index in [4.69, 9.17) is 0 Å². The predicted molar refractivity (Wildman–Crippen MR) is 113 cm³/mol. The number of nitriles is 1. The Bertz CT molecular complexity index is 897. The van der Waals surface area contributed by atoms with Gasteiger partial charge < -0.3 is 5.32 Å². The van der Waals surface area contributed by atoms with Crippen molar-refractivity contribution in [3.63, 3.8) is 0 Å². The number of hydrogen-bond acceptors (Lipinski definition) is 4. The van der Waals surface area contributed by atoms with E-state index < -0.39 is 0 Å². The van der Waals surface area contributed by atoms with Crippen LogP contribution in [0.2, 0.25) is 0 Å². The van der Waals surface area contributed by atoms with E-state index in [1.54, 1.807) is 12.4 Å². The highest BCUT2D eigenvalue weighted by molar-refractivity contribution is 5.95. The summed E-state index contributed by atoms with van der Waals surface area (Å²) in [7, 11) is 0. The largest absolute Gasteiger partial charge is 0.324 e. The Kier molecular flexibility index (Phi) is 5.92. The summed E-state index contributed by atoms with van der Waals surface area (Å²) in [5, 5.41) is 12.3. The summed E-state index contributed by atoms with van der Waals surface area (Å²) in [6.45, 7) is 2.79. The van der Waals surface area contributed by atoms with Crippen molar-refractivity contribution in [1.82, 2.24) is 9.88 Å². The van der Waals surface area contributed by atoms with E-state index in [2.05, 4.69) is 27.3 Å². The SMILES string of the molecule is N#Cc1ccc2c(c1)CN(CCC1(C(=O)Nc3cccnc3)CCCCC1)CC2. The first-order valence-corrected chi connectivity index (χ1v) is 10.6. The second-order valence-corrected chi connectivity index (χ2v) is 8.41. The van der Waals surface area contributed by atoms with Crippen LogP contribution in [0.25, 0.3) is 0 Å². The van der Waals surface area contributed by atoms with Gasteiger partial charge in [-0.2, -0.15) is 5.26 Å². The Morgan fingerprint density at radius 3 is 2.83 bits per heavy atom. The molecule has 0 saturated heterocycles. The number of carbonyl (C=O) groups is 1. The molecule has 29 heavy (non-hydrogen) atoms. The normalized spacial score (nSPS) is 18.4. The summed E-state index contributed by atoms with van der Waals surface area (Å²) in [5.74, 6) is 0.148. The van der Waals surface area contributed by atoms with Gasteiger partial charge in [0.25, 0.3) is 0 Å². The second-order valence-electron chi connectivity index (χ2n) is 8.41. The smallest absolute Gasteiger partial charge is 0.230 e. The average Bonchev–Trinajstić information content (AvgIpc) is 2.78. The number of aromatic nitrogens is 1. The molecule has 5 heteroatoms. The van der Waals surface area contributed by atoms with Crippen LogP contribution >= 0.6 is 0 Å². The van der Waals surface area contributed by atoms with Crippen molar-refractivity contribution in [1.29, 1.82) is 5.26 Å². The highest BCUT2D eigenvalue weighted by Gasteiger charge is 2.39. The molecular formula is C24H28N4O. The fourth-order valence-electron chi connectivity index (χ4n) is 4.77. The van der Waals surface area contributed by atoms with Gasteiger partial charge >= 0.3 is 0 Å². The number of fused-ring (bicyclic) bond motifs is 1. The van der Waals surface area contributed by atoms with Crippen LogP contribution in [0, 0.1) is 16.7 Å². The summed E-state index contributed by atoms with van der Waals surface area (Å²) < 4.78 is 0. The molecule has 150 valence electrons. The monoisotopic (exact) mass is 388 g/mol. The number of hydrogen-bond donors (Lipinski definition) is 1. The van der Waals surface area contributed by atoms with Crippen LogP contribution in [0.1, 0.15) is 55.2 Å².